The Morgan fingerprint density at radius 2 is 1.92 bits per heavy atom. The monoisotopic (exact) mass is 374 g/mol. The van der Waals surface area contributed by atoms with E-state index in [9.17, 15) is 4.79 Å². The van der Waals surface area contributed by atoms with E-state index in [0.717, 1.165) is 43.9 Å². The molecule has 1 aromatic rings. The molecule has 2 atom stereocenters. The molecule has 3 N–H and O–H groups in total. The minimum Gasteiger partial charge on any atom is -0.357 e. The maximum atomic E-state index is 12.4. The maximum Gasteiger partial charge on any atom is 0.227 e. The van der Waals surface area contributed by atoms with Crippen molar-refractivity contribution in [2.24, 2.45) is 17.6 Å². The molecule has 1 amide bonds. The number of hydrogen-bond donors (Lipinski definition) is 2. The van der Waals surface area contributed by atoms with E-state index in [1.54, 1.807) is 6.20 Å². The average Bonchev–Trinajstić information content (AvgIpc) is 3.05. The van der Waals surface area contributed by atoms with Gasteiger partial charge in [0, 0.05) is 19.0 Å². The summed E-state index contributed by atoms with van der Waals surface area (Å²) in [5, 5.41) is 3.00. The molecule has 3 rings (SSSR count). The lowest BCUT2D eigenvalue weighted by atomic mass is 9.95. The summed E-state index contributed by atoms with van der Waals surface area (Å²) in [5.74, 6) is 1.51. The molecule has 1 saturated heterocycles. The Morgan fingerprint density at radius 3 is 2.54 bits per heavy atom. The van der Waals surface area contributed by atoms with Crippen molar-refractivity contribution >= 4 is 42.2 Å². The van der Waals surface area contributed by atoms with Gasteiger partial charge in [-0.05, 0) is 56.7 Å². The molecule has 1 aliphatic carbocycles. The van der Waals surface area contributed by atoms with Crippen LogP contribution in [0.2, 0.25) is 0 Å². The zero-order valence-electron chi connectivity index (χ0n) is 13.9. The molecule has 136 valence electrons. The Labute approximate surface area is 156 Å². The van der Waals surface area contributed by atoms with E-state index in [2.05, 4.69) is 15.2 Å². The van der Waals surface area contributed by atoms with Crippen molar-refractivity contribution in [2.75, 3.05) is 29.9 Å². The zero-order chi connectivity index (χ0) is 15.4. The highest BCUT2D eigenvalue weighted by atomic mass is 35.5. The molecule has 7 heteroatoms. The number of carbonyl (C=O) groups excluding carboxylic acids is 1. The molecule has 1 aromatic heterocycles. The fraction of sp³-hybridized carbons (Fsp3) is 0.647. The van der Waals surface area contributed by atoms with Crippen LogP contribution in [0.1, 0.15) is 38.5 Å². The third-order valence-electron chi connectivity index (χ3n) is 4.99. The van der Waals surface area contributed by atoms with E-state index in [1.165, 1.54) is 19.3 Å². The minimum atomic E-state index is 0. The summed E-state index contributed by atoms with van der Waals surface area (Å²) in [6.07, 6.45) is 8.69. The predicted octanol–water partition coefficient (Wildman–Crippen LogP) is 3.23. The van der Waals surface area contributed by atoms with Crippen molar-refractivity contribution in [3.05, 3.63) is 18.3 Å². The molecule has 1 aliphatic heterocycles. The number of nitrogens with two attached hydrogens (primary N) is 1. The molecular formula is C17H28Cl2N4O. The molecule has 0 aromatic carbocycles. The highest BCUT2D eigenvalue weighted by molar-refractivity contribution is 5.92. The number of rotatable bonds is 4. The van der Waals surface area contributed by atoms with Crippen LogP contribution in [0.15, 0.2) is 18.3 Å². The van der Waals surface area contributed by atoms with Gasteiger partial charge in [-0.15, -0.1) is 24.8 Å². The summed E-state index contributed by atoms with van der Waals surface area (Å²) in [5.41, 5.74) is 6.55. The number of hydrogen-bond acceptors (Lipinski definition) is 4. The maximum absolute atomic E-state index is 12.4. The van der Waals surface area contributed by atoms with Crippen molar-refractivity contribution in [2.45, 2.75) is 38.5 Å². The van der Waals surface area contributed by atoms with Crippen molar-refractivity contribution in [3.63, 3.8) is 0 Å². The number of carbonyl (C=O) groups is 1. The van der Waals surface area contributed by atoms with Crippen molar-refractivity contribution in [1.29, 1.82) is 0 Å². The fourth-order valence-corrected chi connectivity index (χ4v) is 3.67. The van der Waals surface area contributed by atoms with Crippen LogP contribution in [0.4, 0.5) is 11.5 Å². The van der Waals surface area contributed by atoms with Crippen molar-refractivity contribution in [1.82, 2.24) is 4.98 Å². The van der Waals surface area contributed by atoms with Crippen molar-refractivity contribution in [3.8, 4) is 0 Å². The largest absolute Gasteiger partial charge is 0.357 e. The Kier molecular flexibility index (Phi) is 8.81. The molecule has 1 saturated carbocycles. The number of pyridine rings is 1. The quantitative estimate of drug-likeness (QED) is 0.848. The summed E-state index contributed by atoms with van der Waals surface area (Å²) < 4.78 is 0. The molecule has 0 radical (unpaired) electrons. The Bertz CT molecular complexity index is 506. The normalized spacial score (nSPS) is 23.1. The first-order chi connectivity index (χ1) is 10.8. The summed E-state index contributed by atoms with van der Waals surface area (Å²) in [6, 6.07) is 3.97. The van der Waals surface area contributed by atoms with Crippen LogP contribution in [-0.2, 0) is 4.79 Å². The van der Waals surface area contributed by atoms with Crippen LogP contribution >= 0.6 is 24.8 Å². The van der Waals surface area contributed by atoms with E-state index >= 15 is 0 Å². The van der Waals surface area contributed by atoms with Gasteiger partial charge in [-0.2, -0.15) is 0 Å². The molecule has 0 bridgehead atoms. The van der Waals surface area contributed by atoms with Crippen LogP contribution in [0.5, 0.6) is 0 Å². The molecule has 24 heavy (non-hydrogen) atoms. The number of piperidine rings is 1. The molecular weight excluding hydrogens is 347 g/mol. The third-order valence-corrected chi connectivity index (χ3v) is 4.99. The number of nitrogens with one attached hydrogen (secondary N) is 1. The summed E-state index contributed by atoms with van der Waals surface area (Å²) in [7, 11) is 0. The standard InChI is InChI=1S/C17H26N4O.2ClH/c18-11-13-5-4-6-15(13)17(22)20-14-7-8-16(19-12-14)21-9-2-1-3-10-21;;/h7-8,12-13,15H,1-6,9-11,18H2,(H,20,22);2*1H/t13-,15-;;/m1../s1. The van der Waals surface area contributed by atoms with Gasteiger partial charge >= 0.3 is 0 Å². The topological polar surface area (TPSA) is 71.2 Å². The van der Waals surface area contributed by atoms with Gasteiger partial charge in [-0.25, -0.2) is 4.98 Å². The SMILES string of the molecule is Cl.Cl.NC[C@H]1CCC[C@H]1C(=O)Nc1ccc(N2CCCCC2)nc1. The number of anilines is 2. The first kappa shape index (κ1) is 21.0. The first-order valence-corrected chi connectivity index (χ1v) is 8.50. The third kappa shape index (κ3) is 4.98. The second-order valence-corrected chi connectivity index (χ2v) is 6.48. The smallest absolute Gasteiger partial charge is 0.227 e. The van der Waals surface area contributed by atoms with Gasteiger partial charge in [-0.1, -0.05) is 6.42 Å². The van der Waals surface area contributed by atoms with Crippen LogP contribution in [0.3, 0.4) is 0 Å². The second kappa shape index (κ2) is 10.1. The van der Waals surface area contributed by atoms with Crippen LogP contribution in [-0.4, -0.2) is 30.5 Å². The van der Waals surface area contributed by atoms with E-state index in [4.69, 9.17) is 5.73 Å². The molecule has 5 nitrogen and oxygen atoms in total. The fourth-order valence-electron chi connectivity index (χ4n) is 3.67. The summed E-state index contributed by atoms with van der Waals surface area (Å²) >= 11 is 0. The first-order valence-electron chi connectivity index (χ1n) is 8.50. The van der Waals surface area contributed by atoms with Gasteiger partial charge in [0.2, 0.25) is 5.91 Å². The average molecular weight is 375 g/mol. The van der Waals surface area contributed by atoms with Crippen LogP contribution < -0.4 is 16.0 Å². The second-order valence-electron chi connectivity index (χ2n) is 6.48. The molecule has 2 heterocycles. The lowest BCUT2D eigenvalue weighted by Gasteiger charge is -2.27. The highest BCUT2D eigenvalue weighted by Crippen LogP contribution is 2.32. The van der Waals surface area contributed by atoms with E-state index in [1.807, 2.05) is 12.1 Å². The minimum absolute atomic E-state index is 0. The number of aromatic nitrogens is 1. The summed E-state index contributed by atoms with van der Waals surface area (Å²) in [4.78, 5) is 19.2. The summed E-state index contributed by atoms with van der Waals surface area (Å²) in [6.45, 7) is 2.77. The number of nitrogens with zero attached hydrogens (tertiary/aromatic N) is 2. The van der Waals surface area contributed by atoms with Gasteiger partial charge in [0.25, 0.3) is 0 Å². The van der Waals surface area contributed by atoms with E-state index < -0.39 is 0 Å². The van der Waals surface area contributed by atoms with Gasteiger partial charge in [0.15, 0.2) is 0 Å². The molecule has 2 aliphatic rings. The Morgan fingerprint density at radius 1 is 1.17 bits per heavy atom. The van der Waals surface area contributed by atoms with Gasteiger partial charge in [0.1, 0.15) is 5.82 Å². The van der Waals surface area contributed by atoms with Gasteiger partial charge in [0.05, 0.1) is 11.9 Å². The molecule has 0 unspecified atom stereocenters. The lowest BCUT2D eigenvalue weighted by molar-refractivity contribution is -0.120. The number of halogens is 2. The zero-order valence-corrected chi connectivity index (χ0v) is 15.6. The van der Waals surface area contributed by atoms with Crippen LogP contribution in [0.25, 0.3) is 0 Å². The van der Waals surface area contributed by atoms with Gasteiger partial charge < -0.3 is 16.0 Å². The highest BCUT2D eigenvalue weighted by Gasteiger charge is 2.31. The van der Waals surface area contributed by atoms with E-state index in [-0.39, 0.29) is 36.6 Å². The van der Waals surface area contributed by atoms with Gasteiger partial charge in [-0.3, -0.25) is 4.79 Å². The molecule has 2 fully saturated rings. The molecule has 0 spiro atoms. The predicted molar refractivity (Wildman–Crippen MR) is 103 cm³/mol. The van der Waals surface area contributed by atoms with Crippen LogP contribution in [0, 0.1) is 11.8 Å². The van der Waals surface area contributed by atoms with E-state index in [0.29, 0.717) is 12.5 Å². The lowest BCUT2D eigenvalue weighted by Crippen LogP contribution is -2.30. The number of amides is 1. The Hall–Kier alpha value is -1.04. The Balaban J connectivity index is 0.00000144. The van der Waals surface area contributed by atoms with Crippen molar-refractivity contribution < 1.29 is 4.79 Å².